The van der Waals surface area contributed by atoms with E-state index >= 15 is 0 Å². The highest BCUT2D eigenvalue weighted by Gasteiger charge is 2.19. The van der Waals surface area contributed by atoms with Gasteiger partial charge in [-0.3, -0.25) is 0 Å². The fourth-order valence-electron chi connectivity index (χ4n) is 1.61. The van der Waals surface area contributed by atoms with Gasteiger partial charge in [0.25, 0.3) is 0 Å². The zero-order valence-corrected chi connectivity index (χ0v) is 10.1. The summed E-state index contributed by atoms with van der Waals surface area (Å²) in [4.78, 5) is 4.48. The number of nitrogens with two attached hydrogens (primary N) is 1. The summed E-state index contributed by atoms with van der Waals surface area (Å²) in [6.07, 6.45) is 2.80. The lowest BCUT2D eigenvalue weighted by Crippen LogP contribution is -2.26. The molecule has 2 aromatic heterocycles. The molecule has 16 heavy (non-hydrogen) atoms. The van der Waals surface area contributed by atoms with Crippen LogP contribution >= 0.6 is 0 Å². The van der Waals surface area contributed by atoms with E-state index in [1.807, 2.05) is 29.8 Å². The van der Waals surface area contributed by atoms with Crippen molar-refractivity contribution in [2.24, 2.45) is 11.1 Å². The number of fused-ring (bicyclic) bond motifs is 1. The standard InChI is InChI=1S/C12H18N4/c1-9-4-5-11-14-10(15-16(11)7-9)6-12(2,3)8-13/h4-5,7H,6,8,13H2,1-3H3. The topological polar surface area (TPSA) is 56.2 Å². The number of aryl methyl sites for hydroxylation is 1. The maximum absolute atomic E-state index is 5.71. The molecule has 86 valence electrons. The van der Waals surface area contributed by atoms with Gasteiger partial charge in [0.15, 0.2) is 11.5 Å². The third-order valence-corrected chi connectivity index (χ3v) is 2.71. The number of pyridine rings is 1. The fourth-order valence-corrected chi connectivity index (χ4v) is 1.61. The van der Waals surface area contributed by atoms with Crippen LogP contribution in [0.5, 0.6) is 0 Å². The molecule has 2 heterocycles. The second-order valence-electron chi connectivity index (χ2n) is 5.08. The van der Waals surface area contributed by atoms with E-state index in [2.05, 4.69) is 23.9 Å². The first kappa shape index (κ1) is 11.1. The SMILES string of the molecule is Cc1ccc2nc(CC(C)(C)CN)nn2c1. The van der Waals surface area contributed by atoms with Crippen molar-refractivity contribution in [3.63, 3.8) is 0 Å². The Labute approximate surface area is 95.5 Å². The van der Waals surface area contributed by atoms with Crippen LogP contribution in [0.2, 0.25) is 0 Å². The van der Waals surface area contributed by atoms with E-state index in [0.717, 1.165) is 17.9 Å². The van der Waals surface area contributed by atoms with Crippen molar-refractivity contribution in [2.45, 2.75) is 27.2 Å². The summed E-state index contributed by atoms with van der Waals surface area (Å²) in [5.74, 6) is 0.862. The van der Waals surface area contributed by atoms with Crippen molar-refractivity contribution < 1.29 is 0 Å². The molecule has 2 N–H and O–H groups in total. The summed E-state index contributed by atoms with van der Waals surface area (Å²) in [5, 5.41) is 4.46. The molecule has 0 fully saturated rings. The van der Waals surface area contributed by atoms with Crippen molar-refractivity contribution in [3.05, 3.63) is 29.7 Å². The van der Waals surface area contributed by atoms with E-state index in [-0.39, 0.29) is 5.41 Å². The molecule has 0 spiro atoms. The van der Waals surface area contributed by atoms with Crippen LogP contribution in [0.4, 0.5) is 0 Å². The zero-order valence-electron chi connectivity index (χ0n) is 10.1. The first-order chi connectivity index (χ1) is 7.50. The molecule has 0 aromatic carbocycles. The second-order valence-corrected chi connectivity index (χ2v) is 5.08. The lowest BCUT2D eigenvalue weighted by atomic mass is 9.89. The molecule has 0 unspecified atom stereocenters. The first-order valence-corrected chi connectivity index (χ1v) is 5.52. The van der Waals surface area contributed by atoms with E-state index < -0.39 is 0 Å². The van der Waals surface area contributed by atoms with Crippen LogP contribution in [0.1, 0.15) is 25.2 Å². The van der Waals surface area contributed by atoms with E-state index in [4.69, 9.17) is 5.73 Å². The second kappa shape index (κ2) is 3.87. The van der Waals surface area contributed by atoms with Crippen LogP contribution in [0.15, 0.2) is 18.3 Å². The molecule has 0 atom stereocenters. The van der Waals surface area contributed by atoms with E-state index in [1.165, 1.54) is 5.56 Å². The molecule has 2 aromatic rings. The Morgan fingerprint density at radius 2 is 2.12 bits per heavy atom. The van der Waals surface area contributed by atoms with Crippen LogP contribution < -0.4 is 5.73 Å². The van der Waals surface area contributed by atoms with Gasteiger partial charge in [-0.05, 0) is 30.5 Å². The molecule has 4 nitrogen and oxygen atoms in total. The van der Waals surface area contributed by atoms with Gasteiger partial charge in [-0.1, -0.05) is 19.9 Å². The van der Waals surface area contributed by atoms with Crippen LogP contribution in [0.25, 0.3) is 5.65 Å². The van der Waals surface area contributed by atoms with Crippen molar-refractivity contribution in [1.82, 2.24) is 14.6 Å². The summed E-state index contributed by atoms with van der Waals surface area (Å²) in [6.45, 7) is 6.94. The number of hydrogen-bond donors (Lipinski definition) is 1. The average Bonchev–Trinajstić information content (AvgIpc) is 2.58. The summed E-state index contributed by atoms with van der Waals surface area (Å²) >= 11 is 0. The van der Waals surface area contributed by atoms with Gasteiger partial charge in [-0.25, -0.2) is 9.50 Å². The van der Waals surface area contributed by atoms with E-state index in [1.54, 1.807) is 0 Å². The predicted molar refractivity (Wildman–Crippen MR) is 64.3 cm³/mol. The summed E-state index contributed by atoms with van der Waals surface area (Å²) in [6, 6.07) is 4.03. The molecular formula is C12H18N4. The minimum Gasteiger partial charge on any atom is -0.330 e. The minimum absolute atomic E-state index is 0.0555. The lowest BCUT2D eigenvalue weighted by molar-refractivity contribution is 0.368. The molecule has 4 heteroatoms. The number of hydrogen-bond acceptors (Lipinski definition) is 3. The molecule has 0 saturated heterocycles. The van der Waals surface area contributed by atoms with Crippen molar-refractivity contribution in [1.29, 1.82) is 0 Å². The van der Waals surface area contributed by atoms with Crippen molar-refractivity contribution in [2.75, 3.05) is 6.54 Å². The highest BCUT2D eigenvalue weighted by Crippen LogP contribution is 2.18. The molecule has 0 aliphatic heterocycles. The monoisotopic (exact) mass is 218 g/mol. The third-order valence-electron chi connectivity index (χ3n) is 2.71. The third kappa shape index (κ3) is 2.22. The van der Waals surface area contributed by atoms with Crippen LogP contribution in [-0.4, -0.2) is 21.1 Å². The molecular weight excluding hydrogens is 200 g/mol. The Morgan fingerprint density at radius 1 is 1.38 bits per heavy atom. The van der Waals surface area contributed by atoms with Gasteiger partial charge in [-0.15, -0.1) is 0 Å². The zero-order chi connectivity index (χ0) is 11.8. The summed E-state index contributed by atoms with van der Waals surface area (Å²) < 4.78 is 1.83. The normalized spacial score (nSPS) is 12.2. The maximum Gasteiger partial charge on any atom is 0.155 e. The summed E-state index contributed by atoms with van der Waals surface area (Å²) in [7, 11) is 0. The lowest BCUT2D eigenvalue weighted by Gasteiger charge is -2.19. The van der Waals surface area contributed by atoms with Gasteiger partial charge in [-0.2, -0.15) is 5.10 Å². The predicted octanol–water partition coefficient (Wildman–Crippen LogP) is 1.57. The van der Waals surface area contributed by atoms with Gasteiger partial charge in [0.05, 0.1) is 0 Å². The molecule has 0 bridgehead atoms. The number of rotatable bonds is 3. The number of nitrogens with zero attached hydrogens (tertiary/aromatic N) is 3. The fraction of sp³-hybridized carbons (Fsp3) is 0.500. The van der Waals surface area contributed by atoms with E-state index in [0.29, 0.717) is 6.54 Å². The van der Waals surface area contributed by atoms with Gasteiger partial charge < -0.3 is 5.73 Å². The van der Waals surface area contributed by atoms with Crippen LogP contribution in [0, 0.1) is 12.3 Å². The molecule has 0 aliphatic rings. The maximum atomic E-state index is 5.71. The van der Waals surface area contributed by atoms with Gasteiger partial charge >= 0.3 is 0 Å². The first-order valence-electron chi connectivity index (χ1n) is 5.52. The smallest absolute Gasteiger partial charge is 0.155 e. The summed E-state index contributed by atoms with van der Waals surface area (Å²) in [5.41, 5.74) is 7.84. The van der Waals surface area contributed by atoms with Crippen LogP contribution in [-0.2, 0) is 6.42 Å². The Kier molecular flexibility index (Phi) is 2.68. The molecule has 2 rings (SSSR count). The molecule has 0 radical (unpaired) electrons. The van der Waals surface area contributed by atoms with Crippen molar-refractivity contribution >= 4 is 5.65 Å². The Bertz CT molecular complexity index is 499. The minimum atomic E-state index is 0.0555. The Hall–Kier alpha value is -1.42. The molecule has 0 aliphatic carbocycles. The number of aromatic nitrogens is 3. The Balaban J connectivity index is 2.33. The molecule has 0 saturated carbocycles. The van der Waals surface area contributed by atoms with Gasteiger partial charge in [0.2, 0.25) is 0 Å². The van der Waals surface area contributed by atoms with E-state index in [9.17, 15) is 0 Å². The quantitative estimate of drug-likeness (QED) is 0.850. The van der Waals surface area contributed by atoms with Gasteiger partial charge in [0.1, 0.15) is 0 Å². The largest absolute Gasteiger partial charge is 0.330 e. The van der Waals surface area contributed by atoms with Crippen molar-refractivity contribution in [3.8, 4) is 0 Å². The van der Waals surface area contributed by atoms with Gasteiger partial charge in [0, 0.05) is 12.6 Å². The highest BCUT2D eigenvalue weighted by molar-refractivity contribution is 5.38. The highest BCUT2D eigenvalue weighted by atomic mass is 15.3. The molecule has 0 amide bonds. The Morgan fingerprint density at radius 3 is 2.81 bits per heavy atom. The van der Waals surface area contributed by atoms with Crippen LogP contribution in [0.3, 0.4) is 0 Å². The average molecular weight is 218 g/mol.